The van der Waals surface area contributed by atoms with Crippen LogP contribution in [0.1, 0.15) is 15.9 Å². The lowest BCUT2D eigenvalue weighted by Crippen LogP contribution is -2.23. The number of aromatic nitrogens is 2. The zero-order chi connectivity index (χ0) is 13.1. The lowest BCUT2D eigenvalue weighted by Gasteiger charge is -2.08. The van der Waals surface area contributed by atoms with Crippen molar-refractivity contribution in [2.24, 2.45) is 5.73 Å². The van der Waals surface area contributed by atoms with Gasteiger partial charge in [-0.3, -0.25) is 14.2 Å². The van der Waals surface area contributed by atoms with Gasteiger partial charge < -0.3 is 5.73 Å². The summed E-state index contributed by atoms with van der Waals surface area (Å²) in [6.45, 7) is 0.254. The van der Waals surface area contributed by atoms with E-state index in [1.54, 1.807) is 24.3 Å². The van der Waals surface area contributed by atoms with Crippen molar-refractivity contribution >= 4 is 21.8 Å². The molecule has 0 radical (unpaired) electrons. The van der Waals surface area contributed by atoms with E-state index in [9.17, 15) is 9.59 Å². The first kappa shape index (κ1) is 12.5. The van der Waals surface area contributed by atoms with Crippen LogP contribution < -0.4 is 11.3 Å². The van der Waals surface area contributed by atoms with Gasteiger partial charge in [0.05, 0.1) is 12.9 Å². The third kappa shape index (κ3) is 2.48. The monoisotopic (exact) mass is 307 g/mol. The lowest BCUT2D eigenvalue weighted by atomic mass is 10.1. The number of hydrogen-bond acceptors (Lipinski definition) is 3. The van der Waals surface area contributed by atoms with E-state index >= 15 is 0 Å². The molecular weight excluding hydrogens is 298 g/mol. The predicted molar refractivity (Wildman–Crippen MR) is 70.3 cm³/mol. The summed E-state index contributed by atoms with van der Waals surface area (Å²) in [6, 6.07) is 6.91. The van der Waals surface area contributed by atoms with E-state index in [-0.39, 0.29) is 12.1 Å². The van der Waals surface area contributed by atoms with Crippen molar-refractivity contribution in [3.05, 3.63) is 62.7 Å². The number of nitrogens with two attached hydrogens (primary N) is 1. The minimum absolute atomic E-state index is 0.204. The second-order valence-electron chi connectivity index (χ2n) is 3.70. The molecule has 1 aromatic carbocycles. The van der Waals surface area contributed by atoms with E-state index in [1.165, 1.54) is 17.1 Å². The summed E-state index contributed by atoms with van der Waals surface area (Å²) in [6.07, 6.45) is 2.85. The Balaban J connectivity index is 2.44. The van der Waals surface area contributed by atoms with Gasteiger partial charge in [-0.05, 0) is 27.6 Å². The van der Waals surface area contributed by atoms with E-state index in [0.29, 0.717) is 15.6 Å². The Bertz CT molecular complexity index is 652. The molecule has 0 aliphatic heterocycles. The predicted octanol–water partition coefficient (Wildman–Crippen LogP) is 1.15. The van der Waals surface area contributed by atoms with Gasteiger partial charge in [-0.1, -0.05) is 18.2 Å². The molecule has 92 valence electrons. The smallest absolute Gasteiger partial charge is 0.267 e. The largest absolute Gasteiger partial charge is 0.366 e. The molecule has 18 heavy (non-hydrogen) atoms. The highest BCUT2D eigenvalue weighted by atomic mass is 79.9. The van der Waals surface area contributed by atoms with E-state index in [4.69, 9.17) is 5.73 Å². The van der Waals surface area contributed by atoms with Crippen LogP contribution in [0.15, 0.2) is 46.1 Å². The average Bonchev–Trinajstić information content (AvgIpc) is 2.35. The van der Waals surface area contributed by atoms with Crippen LogP contribution in [0.2, 0.25) is 0 Å². The van der Waals surface area contributed by atoms with Crippen LogP contribution in [-0.2, 0) is 6.54 Å². The molecule has 0 saturated heterocycles. The fraction of sp³-hybridized carbons (Fsp3) is 0.0833. The number of nitrogens with zero attached hydrogens (tertiary/aromatic N) is 2. The number of rotatable bonds is 3. The van der Waals surface area contributed by atoms with Gasteiger partial charge in [-0.2, -0.15) is 0 Å². The zero-order valence-electron chi connectivity index (χ0n) is 9.34. The van der Waals surface area contributed by atoms with Crippen LogP contribution in [0.4, 0.5) is 0 Å². The Labute approximate surface area is 111 Å². The molecule has 6 heteroatoms. The van der Waals surface area contributed by atoms with Crippen LogP contribution in [0.25, 0.3) is 0 Å². The summed E-state index contributed by atoms with van der Waals surface area (Å²) < 4.78 is 1.79. The van der Waals surface area contributed by atoms with Crippen LogP contribution >= 0.6 is 15.9 Å². The maximum atomic E-state index is 11.8. The Kier molecular flexibility index (Phi) is 3.57. The summed E-state index contributed by atoms with van der Waals surface area (Å²) >= 11 is 3.12. The van der Waals surface area contributed by atoms with E-state index in [0.717, 1.165) is 0 Å². The second kappa shape index (κ2) is 5.14. The third-order valence-electron chi connectivity index (χ3n) is 2.48. The number of hydrogen-bond donors (Lipinski definition) is 1. The van der Waals surface area contributed by atoms with Crippen molar-refractivity contribution < 1.29 is 4.79 Å². The Morgan fingerprint density at radius 2 is 2.11 bits per heavy atom. The summed E-state index contributed by atoms with van der Waals surface area (Å²) in [5.74, 6) is -0.512. The van der Waals surface area contributed by atoms with Gasteiger partial charge in [0.1, 0.15) is 4.47 Å². The SMILES string of the molecule is NC(=O)c1ccccc1Cn1cncc(Br)c1=O. The van der Waals surface area contributed by atoms with Crippen LogP contribution in [0.3, 0.4) is 0 Å². The molecule has 0 spiro atoms. The first-order valence-corrected chi connectivity index (χ1v) is 5.96. The fourth-order valence-corrected chi connectivity index (χ4v) is 1.96. The molecule has 2 rings (SSSR count). The summed E-state index contributed by atoms with van der Waals surface area (Å²) in [5.41, 5.74) is 6.17. The minimum atomic E-state index is -0.512. The summed E-state index contributed by atoms with van der Waals surface area (Å²) in [4.78, 5) is 27.0. The maximum Gasteiger partial charge on any atom is 0.267 e. The Morgan fingerprint density at radius 1 is 1.39 bits per heavy atom. The zero-order valence-corrected chi connectivity index (χ0v) is 10.9. The molecule has 1 aromatic heterocycles. The Morgan fingerprint density at radius 3 is 2.83 bits per heavy atom. The van der Waals surface area contributed by atoms with Crippen LogP contribution in [0, 0.1) is 0 Å². The summed E-state index contributed by atoms with van der Waals surface area (Å²) in [7, 11) is 0. The molecule has 1 amide bonds. The molecule has 5 nitrogen and oxygen atoms in total. The molecule has 0 unspecified atom stereocenters. The fourth-order valence-electron chi connectivity index (χ4n) is 1.62. The maximum absolute atomic E-state index is 11.8. The van der Waals surface area contributed by atoms with Gasteiger partial charge in [0.25, 0.3) is 5.56 Å². The molecule has 2 N–H and O–H groups in total. The first-order chi connectivity index (χ1) is 8.59. The highest BCUT2D eigenvalue weighted by Gasteiger charge is 2.09. The van der Waals surface area contributed by atoms with E-state index in [1.807, 2.05) is 0 Å². The van der Waals surface area contributed by atoms with E-state index in [2.05, 4.69) is 20.9 Å². The van der Waals surface area contributed by atoms with Gasteiger partial charge in [-0.15, -0.1) is 0 Å². The van der Waals surface area contributed by atoms with E-state index < -0.39 is 5.91 Å². The highest BCUT2D eigenvalue weighted by molar-refractivity contribution is 9.10. The molecule has 0 aliphatic rings. The van der Waals surface area contributed by atoms with Crippen molar-refractivity contribution in [1.29, 1.82) is 0 Å². The molecular formula is C12H10BrN3O2. The number of amides is 1. The van der Waals surface area contributed by atoms with Gasteiger partial charge in [0, 0.05) is 11.8 Å². The van der Waals surface area contributed by atoms with Crippen molar-refractivity contribution in [2.45, 2.75) is 6.54 Å². The topological polar surface area (TPSA) is 78.0 Å². The second-order valence-corrected chi connectivity index (χ2v) is 4.55. The first-order valence-electron chi connectivity index (χ1n) is 5.17. The Hall–Kier alpha value is -1.95. The van der Waals surface area contributed by atoms with Crippen molar-refractivity contribution in [1.82, 2.24) is 9.55 Å². The molecule has 0 saturated carbocycles. The quantitative estimate of drug-likeness (QED) is 0.924. The number of carbonyl (C=O) groups excluding carboxylic acids is 1. The standard InChI is InChI=1S/C12H10BrN3O2/c13-10-5-15-7-16(12(10)18)6-8-3-1-2-4-9(8)11(14)17/h1-5,7H,6H2,(H2,14,17). The molecule has 2 aromatic rings. The highest BCUT2D eigenvalue weighted by Crippen LogP contribution is 2.09. The lowest BCUT2D eigenvalue weighted by molar-refractivity contribution is 0.0999. The van der Waals surface area contributed by atoms with Crippen LogP contribution in [-0.4, -0.2) is 15.5 Å². The van der Waals surface area contributed by atoms with Crippen LogP contribution in [0.5, 0.6) is 0 Å². The number of carbonyl (C=O) groups is 1. The third-order valence-corrected chi connectivity index (χ3v) is 3.03. The van der Waals surface area contributed by atoms with Gasteiger partial charge >= 0.3 is 0 Å². The normalized spacial score (nSPS) is 10.3. The van der Waals surface area contributed by atoms with Gasteiger partial charge in [0.15, 0.2) is 0 Å². The van der Waals surface area contributed by atoms with Crippen molar-refractivity contribution in [2.75, 3.05) is 0 Å². The molecule has 0 atom stereocenters. The van der Waals surface area contributed by atoms with Gasteiger partial charge in [0.2, 0.25) is 5.91 Å². The molecule has 0 aliphatic carbocycles. The van der Waals surface area contributed by atoms with Gasteiger partial charge in [-0.25, -0.2) is 4.98 Å². The molecule has 1 heterocycles. The number of halogens is 1. The average molecular weight is 308 g/mol. The molecule has 0 fully saturated rings. The minimum Gasteiger partial charge on any atom is -0.366 e. The van der Waals surface area contributed by atoms with Crippen molar-refractivity contribution in [3.63, 3.8) is 0 Å². The number of primary amides is 1. The summed E-state index contributed by atoms with van der Waals surface area (Å²) in [5, 5.41) is 0. The van der Waals surface area contributed by atoms with Crippen molar-refractivity contribution in [3.8, 4) is 0 Å². The number of benzene rings is 1. The molecule has 0 bridgehead atoms.